The molecule has 0 aliphatic rings. The molecule has 0 amide bonds. The highest BCUT2D eigenvalue weighted by atomic mass is 35.6. The molecule has 0 saturated carbocycles. The van der Waals surface area contributed by atoms with Crippen molar-refractivity contribution in [1.82, 2.24) is 0 Å². The van der Waals surface area contributed by atoms with Gasteiger partial charge in [0, 0.05) is 5.02 Å². The number of benzene rings is 3. The van der Waals surface area contributed by atoms with E-state index in [4.69, 9.17) is 22.7 Å². The highest BCUT2D eigenvalue weighted by Gasteiger charge is 2.40. The van der Waals surface area contributed by atoms with Crippen molar-refractivity contribution in [1.29, 1.82) is 0 Å². The van der Waals surface area contributed by atoms with Crippen molar-refractivity contribution < 1.29 is 0 Å². The van der Waals surface area contributed by atoms with Crippen LogP contribution in [0.4, 0.5) is 0 Å². The summed E-state index contributed by atoms with van der Waals surface area (Å²) in [6.45, 7) is 6.96. The molecule has 0 atom stereocenters. The summed E-state index contributed by atoms with van der Waals surface area (Å²) < 4.78 is 0. The first kappa shape index (κ1) is 18.5. The van der Waals surface area contributed by atoms with Gasteiger partial charge in [-0.3, -0.25) is 0 Å². The Morgan fingerprint density at radius 2 is 1.04 bits per heavy atom. The molecule has 3 rings (SSSR count). The van der Waals surface area contributed by atoms with Crippen LogP contribution in [0.25, 0.3) is 0 Å². The number of hydrogen-bond acceptors (Lipinski definition) is 0. The summed E-state index contributed by atoms with van der Waals surface area (Å²) in [5, 5.41) is 5.55. The third-order valence-corrected chi connectivity index (χ3v) is 12.6. The van der Waals surface area contributed by atoms with E-state index in [0.717, 1.165) is 20.6 Å². The van der Waals surface area contributed by atoms with Gasteiger partial charge in [-0.2, -0.15) is 0 Å². The fraction of sp³-hybridized carbons (Fsp3) is 0.143. The lowest BCUT2D eigenvalue weighted by Gasteiger charge is -2.30. The zero-order valence-corrected chi connectivity index (χ0v) is 18.3. The van der Waals surface area contributed by atoms with Crippen molar-refractivity contribution in [2.75, 3.05) is 0 Å². The highest BCUT2D eigenvalue weighted by Crippen LogP contribution is 2.18. The number of rotatable bonds is 4. The van der Waals surface area contributed by atoms with Gasteiger partial charge < -0.3 is 0 Å². The molecular formula is C21H22Cl2Si2. The van der Waals surface area contributed by atoms with Crippen LogP contribution in [0.3, 0.4) is 0 Å². The van der Waals surface area contributed by atoms with Crippen LogP contribution in [-0.4, -0.2) is 15.5 Å². The van der Waals surface area contributed by atoms with Gasteiger partial charge in [0.15, 0.2) is 0 Å². The van der Waals surface area contributed by atoms with Gasteiger partial charge in [0.05, 0.1) is 8.07 Å². The van der Waals surface area contributed by atoms with Gasteiger partial charge in [0.1, 0.15) is 0 Å². The van der Waals surface area contributed by atoms with E-state index in [1.807, 2.05) is 12.1 Å². The first-order valence-electron chi connectivity index (χ1n) is 8.44. The molecule has 3 aromatic carbocycles. The second kappa shape index (κ2) is 7.12. The molecule has 0 radical (unpaired) electrons. The summed E-state index contributed by atoms with van der Waals surface area (Å²) in [4.78, 5) is 0. The van der Waals surface area contributed by atoms with Crippen LogP contribution in [-0.2, 0) is 0 Å². The molecular weight excluding hydrogens is 379 g/mol. The molecule has 0 aromatic heterocycles. The maximum atomic E-state index is 7.51. The Balaban J connectivity index is 2.32. The first-order valence-corrected chi connectivity index (χ1v) is 15.3. The second-order valence-electron chi connectivity index (χ2n) is 7.31. The molecule has 128 valence electrons. The van der Waals surface area contributed by atoms with Crippen molar-refractivity contribution >= 4 is 58.9 Å². The molecule has 0 saturated heterocycles. The molecule has 0 fully saturated rings. The molecule has 0 N–H and O–H groups in total. The lowest BCUT2D eigenvalue weighted by atomic mass is 10.3. The predicted molar refractivity (Wildman–Crippen MR) is 118 cm³/mol. The molecule has 25 heavy (non-hydrogen) atoms. The summed E-state index contributed by atoms with van der Waals surface area (Å²) in [6.07, 6.45) is 0. The minimum Gasteiger partial charge on any atom is -0.149 e. The minimum absolute atomic E-state index is 0.857. The predicted octanol–water partition coefficient (Wildman–Crippen LogP) is 4.09. The molecule has 0 unspecified atom stereocenters. The van der Waals surface area contributed by atoms with Crippen LogP contribution in [0.1, 0.15) is 0 Å². The molecule has 0 bridgehead atoms. The van der Waals surface area contributed by atoms with Crippen LogP contribution in [0.15, 0.2) is 78.9 Å². The summed E-state index contributed by atoms with van der Waals surface area (Å²) in [5.74, 6) is 0. The van der Waals surface area contributed by atoms with E-state index in [2.05, 4.69) is 86.4 Å². The molecule has 0 spiro atoms. The summed E-state index contributed by atoms with van der Waals surface area (Å²) in [6, 6.07) is 27.2. The summed E-state index contributed by atoms with van der Waals surface area (Å²) in [5.41, 5.74) is 0. The van der Waals surface area contributed by atoms with E-state index in [9.17, 15) is 0 Å². The maximum absolute atomic E-state index is 7.51. The Labute approximate surface area is 162 Å². The van der Waals surface area contributed by atoms with Crippen LogP contribution in [0.5, 0.6) is 0 Å². The Kier molecular flexibility index (Phi) is 5.26. The smallest absolute Gasteiger partial charge is 0.149 e. The zero-order valence-electron chi connectivity index (χ0n) is 14.8. The topological polar surface area (TPSA) is 0 Å². The molecule has 4 heteroatoms. The van der Waals surface area contributed by atoms with Crippen molar-refractivity contribution in [2.24, 2.45) is 0 Å². The number of halogens is 2. The van der Waals surface area contributed by atoms with Gasteiger partial charge in [0.25, 0.3) is 0 Å². The van der Waals surface area contributed by atoms with Crippen LogP contribution in [0, 0.1) is 0 Å². The largest absolute Gasteiger partial charge is 0.249 e. The average Bonchev–Trinajstić information content (AvgIpc) is 2.62. The van der Waals surface area contributed by atoms with E-state index in [1.54, 1.807) is 0 Å². The lowest BCUT2D eigenvalue weighted by molar-refractivity contribution is 1.68. The molecule has 0 aliphatic carbocycles. The van der Waals surface area contributed by atoms with Crippen molar-refractivity contribution in [3.8, 4) is 0 Å². The molecule has 0 nitrogen and oxygen atoms in total. The highest BCUT2D eigenvalue weighted by molar-refractivity contribution is 7.40. The molecule has 0 heterocycles. The summed E-state index contributed by atoms with van der Waals surface area (Å²) in [7, 11) is -4.23. The summed E-state index contributed by atoms with van der Waals surface area (Å²) >= 11 is 14.5. The maximum Gasteiger partial charge on any atom is 0.249 e. The van der Waals surface area contributed by atoms with E-state index in [0.29, 0.717) is 0 Å². The lowest BCUT2D eigenvalue weighted by Crippen LogP contribution is -2.64. The van der Waals surface area contributed by atoms with Gasteiger partial charge in [-0.25, -0.2) is 0 Å². The standard InChI is InChI=1S/C21H22Cl2Si2/c1-24(2,3)19-15-10-16-20(21(19)22)25(23,17-11-6-4-7-12-17)18-13-8-5-9-14-18/h4-16H,1-3H3. The van der Waals surface area contributed by atoms with E-state index in [-0.39, 0.29) is 0 Å². The van der Waals surface area contributed by atoms with E-state index < -0.39 is 15.5 Å². The van der Waals surface area contributed by atoms with Gasteiger partial charge in [-0.05, 0) is 20.7 Å². The van der Waals surface area contributed by atoms with Crippen molar-refractivity contribution in [3.63, 3.8) is 0 Å². The first-order chi connectivity index (χ1) is 11.8. The Morgan fingerprint density at radius 1 is 0.600 bits per heavy atom. The van der Waals surface area contributed by atoms with E-state index in [1.165, 1.54) is 5.19 Å². The zero-order chi connectivity index (χ0) is 18.1. The normalized spacial score (nSPS) is 12.2. The second-order valence-corrected chi connectivity index (χ2v) is 17.4. The Hall–Kier alpha value is -1.33. The van der Waals surface area contributed by atoms with Gasteiger partial charge in [-0.1, -0.05) is 110 Å². The van der Waals surface area contributed by atoms with Gasteiger partial charge >= 0.3 is 0 Å². The fourth-order valence-corrected chi connectivity index (χ4v) is 10.5. The van der Waals surface area contributed by atoms with Crippen molar-refractivity contribution in [3.05, 3.63) is 83.9 Å². The Bertz CT molecular complexity index is 817. The SMILES string of the molecule is C[Si](C)(C)c1cccc([Si](Cl)(c2ccccc2)c2ccccc2)c1Cl. The Morgan fingerprint density at radius 3 is 1.48 bits per heavy atom. The number of hydrogen-bond donors (Lipinski definition) is 0. The van der Waals surface area contributed by atoms with Crippen molar-refractivity contribution in [2.45, 2.75) is 19.6 Å². The van der Waals surface area contributed by atoms with Crippen LogP contribution in [0.2, 0.25) is 24.7 Å². The van der Waals surface area contributed by atoms with Crippen LogP contribution >= 0.6 is 22.7 Å². The van der Waals surface area contributed by atoms with Crippen LogP contribution < -0.4 is 20.7 Å². The fourth-order valence-electron chi connectivity index (χ4n) is 3.19. The average molecular weight is 401 g/mol. The monoisotopic (exact) mass is 400 g/mol. The third-order valence-electron chi connectivity index (χ3n) is 4.52. The molecule has 0 aliphatic heterocycles. The quantitative estimate of drug-likeness (QED) is 0.351. The molecule has 3 aromatic rings. The van der Waals surface area contributed by atoms with Gasteiger partial charge in [-0.15, -0.1) is 11.1 Å². The van der Waals surface area contributed by atoms with E-state index >= 15 is 0 Å². The third kappa shape index (κ3) is 3.49. The minimum atomic E-state index is -2.67. The van der Waals surface area contributed by atoms with Gasteiger partial charge in [0.2, 0.25) is 7.38 Å².